The van der Waals surface area contributed by atoms with Crippen LogP contribution in [0.5, 0.6) is 0 Å². The maximum Gasteiger partial charge on any atom is 0.0244 e. The van der Waals surface area contributed by atoms with Crippen LogP contribution in [0.3, 0.4) is 0 Å². The third-order valence-corrected chi connectivity index (χ3v) is 4.87. The Hall–Kier alpha value is -0.860. The lowest BCUT2D eigenvalue weighted by atomic mass is 9.85. The summed E-state index contributed by atoms with van der Waals surface area (Å²) in [6.07, 6.45) is 3.92. The van der Waals surface area contributed by atoms with E-state index in [-0.39, 0.29) is 0 Å². The first-order valence-electron chi connectivity index (χ1n) is 8.09. The molecule has 0 saturated carbocycles. The molecule has 1 saturated heterocycles. The van der Waals surface area contributed by atoms with Crippen molar-refractivity contribution < 1.29 is 0 Å². The van der Waals surface area contributed by atoms with Crippen LogP contribution in [-0.4, -0.2) is 30.6 Å². The Morgan fingerprint density at radius 3 is 2.80 bits per heavy atom. The lowest BCUT2D eigenvalue weighted by Crippen LogP contribution is -2.55. The molecule has 1 N–H and O–H groups in total. The molecule has 1 fully saturated rings. The van der Waals surface area contributed by atoms with Crippen LogP contribution in [-0.2, 0) is 19.4 Å². The quantitative estimate of drug-likeness (QED) is 0.890. The predicted octanol–water partition coefficient (Wildman–Crippen LogP) is 3.00. The highest BCUT2D eigenvalue weighted by atomic mass is 15.2. The van der Waals surface area contributed by atoms with E-state index in [9.17, 15) is 0 Å². The standard InChI is InChI=1S/C18H28N2/c1-18(2,3)17-13-20(10-9-19-17)12-14-7-8-15-5-4-6-16(15)11-14/h7-8,11,17,19H,4-6,9-10,12-13H2,1-3H3. The van der Waals surface area contributed by atoms with E-state index in [1.54, 1.807) is 11.1 Å². The van der Waals surface area contributed by atoms with Crippen molar-refractivity contribution in [3.63, 3.8) is 0 Å². The van der Waals surface area contributed by atoms with Gasteiger partial charge < -0.3 is 5.32 Å². The van der Waals surface area contributed by atoms with Gasteiger partial charge >= 0.3 is 0 Å². The van der Waals surface area contributed by atoms with E-state index in [1.807, 2.05) is 0 Å². The van der Waals surface area contributed by atoms with Gasteiger partial charge in [0.25, 0.3) is 0 Å². The van der Waals surface area contributed by atoms with Crippen LogP contribution < -0.4 is 5.32 Å². The van der Waals surface area contributed by atoms with Crippen molar-refractivity contribution in [2.24, 2.45) is 5.41 Å². The third-order valence-electron chi connectivity index (χ3n) is 4.87. The second kappa shape index (κ2) is 5.50. The molecule has 2 nitrogen and oxygen atoms in total. The van der Waals surface area contributed by atoms with Crippen molar-refractivity contribution in [1.29, 1.82) is 0 Å². The number of benzene rings is 1. The molecule has 2 heteroatoms. The number of piperazine rings is 1. The molecule has 1 aliphatic carbocycles. The normalized spacial score (nSPS) is 23.9. The lowest BCUT2D eigenvalue weighted by Gasteiger charge is -2.40. The molecular weight excluding hydrogens is 244 g/mol. The summed E-state index contributed by atoms with van der Waals surface area (Å²) in [5, 5.41) is 3.67. The van der Waals surface area contributed by atoms with Gasteiger partial charge in [-0.1, -0.05) is 39.0 Å². The molecule has 0 aromatic heterocycles. The highest BCUT2D eigenvalue weighted by Crippen LogP contribution is 2.25. The smallest absolute Gasteiger partial charge is 0.0244 e. The average Bonchev–Trinajstić information content (AvgIpc) is 2.85. The third kappa shape index (κ3) is 3.07. The topological polar surface area (TPSA) is 15.3 Å². The second-order valence-corrected chi connectivity index (χ2v) is 7.56. The molecular formula is C18H28N2. The van der Waals surface area contributed by atoms with Crippen LogP contribution in [0, 0.1) is 5.41 Å². The summed E-state index contributed by atoms with van der Waals surface area (Å²) in [5.74, 6) is 0. The molecule has 3 rings (SSSR count). The zero-order chi connectivity index (χ0) is 14.2. The van der Waals surface area contributed by atoms with Gasteiger partial charge in [0.05, 0.1) is 0 Å². The second-order valence-electron chi connectivity index (χ2n) is 7.56. The van der Waals surface area contributed by atoms with Gasteiger partial charge in [-0.15, -0.1) is 0 Å². The summed E-state index contributed by atoms with van der Waals surface area (Å²) in [7, 11) is 0. The maximum atomic E-state index is 3.67. The van der Waals surface area contributed by atoms with Gasteiger partial charge in [-0.3, -0.25) is 4.90 Å². The number of hydrogen-bond donors (Lipinski definition) is 1. The van der Waals surface area contributed by atoms with Gasteiger partial charge in [-0.25, -0.2) is 0 Å². The SMILES string of the molecule is CC(C)(C)C1CN(Cc2ccc3c(c2)CCC3)CCN1. The van der Waals surface area contributed by atoms with Crippen LogP contribution >= 0.6 is 0 Å². The van der Waals surface area contributed by atoms with Crippen molar-refractivity contribution in [2.45, 2.75) is 52.6 Å². The number of rotatable bonds is 2. The van der Waals surface area contributed by atoms with Gasteiger partial charge in [-0.2, -0.15) is 0 Å². The van der Waals surface area contributed by atoms with Crippen LogP contribution in [0.25, 0.3) is 0 Å². The fourth-order valence-electron chi connectivity index (χ4n) is 3.52. The summed E-state index contributed by atoms with van der Waals surface area (Å²) in [4.78, 5) is 2.61. The molecule has 1 atom stereocenters. The summed E-state index contributed by atoms with van der Waals surface area (Å²) in [6, 6.07) is 7.77. The molecule has 1 aromatic carbocycles. The molecule has 20 heavy (non-hydrogen) atoms. The number of hydrogen-bond acceptors (Lipinski definition) is 2. The Balaban J connectivity index is 1.65. The van der Waals surface area contributed by atoms with Crippen LogP contribution in [0.15, 0.2) is 18.2 Å². The van der Waals surface area contributed by atoms with Crippen LogP contribution in [0.1, 0.15) is 43.9 Å². The van der Waals surface area contributed by atoms with Gasteiger partial charge in [0, 0.05) is 32.2 Å². The largest absolute Gasteiger partial charge is 0.311 e. The Kier molecular flexibility index (Phi) is 3.87. The van der Waals surface area contributed by atoms with E-state index < -0.39 is 0 Å². The Morgan fingerprint density at radius 1 is 1.20 bits per heavy atom. The molecule has 0 spiro atoms. The minimum absolute atomic E-state index is 0.344. The molecule has 0 bridgehead atoms. The summed E-state index contributed by atoms with van der Waals surface area (Å²) < 4.78 is 0. The first-order valence-corrected chi connectivity index (χ1v) is 8.09. The van der Waals surface area contributed by atoms with E-state index in [0.29, 0.717) is 11.5 Å². The van der Waals surface area contributed by atoms with Crippen molar-refractivity contribution in [3.05, 3.63) is 34.9 Å². The Morgan fingerprint density at radius 2 is 2.00 bits per heavy atom. The Labute approximate surface area is 123 Å². The molecule has 110 valence electrons. The van der Waals surface area contributed by atoms with Crippen LogP contribution in [0.4, 0.5) is 0 Å². The molecule has 2 aliphatic rings. The van der Waals surface area contributed by atoms with Gasteiger partial charge in [0.1, 0.15) is 0 Å². The van der Waals surface area contributed by atoms with E-state index >= 15 is 0 Å². The maximum absolute atomic E-state index is 3.67. The number of aryl methyl sites for hydroxylation is 2. The van der Waals surface area contributed by atoms with Gasteiger partial charge in [0.2, 0.25) is 0 Å². The van der Waals surface area contributed by atoms with Crippen LogP contribution in [0.2, 0.25) is 0 Å². The van der Waals surface area contributed by atoms with E-state index in [4.69, 9.17) is 0 Å². The number of nitrogens with zero attached hydrogens (tertiary/aromatic N) is 1. The van der Waals surface area contributed by atoms with E-state index in [1.165, 1.54) is 37.9 Å². The fraction of sp³-hybridized carbons (Fsp3) is 0.667. The summed E-state index contributed by atoms with van der Waals surface area (Å²) in [5.41, 5.74) is 5.03. The predicted molar refractivity (Wildman–Crippen MR) is 85.0 cm³/mol. The zero-order valence-corrected chi connectivity index (χ0v) is 13.2. The van der Waals surface area contributed by atoms with E-state index in [2.05, 4.69) is 49.2 Å². The first-order chi connectivity index (χ1) is 9.52. The van der Waals surface area contributed by atoms with E-state index in [0.717, 1.165) is 13.1 Å². The minimum atomic E-state index is 0.344. The molecule has 1 heterocycles. The molecule has 0 amide bonds. The minimum Gasteiger partial charge on any atom is -0.311 e. The highest BCUT2D eigenvalue weighted by molar-refractivity contribution is 5.35. The first kappa shape index (κ1) is 14.1. The summed E-state index contributed by atoms with van der Waals surface area (Å²) in [6.45, 7) is 11.6. The van der Waals surface area contributed by atoms with Crippen molar-refractivity contribution in [2.75, 3.05) is 19.6 Å². The average molecular weight is 272 g/mol. The molecule has 1 aromatic rings. The Bertz CT molecular complexity index is 473. The van der Waals surface area contributed by atoms with Crippen molar-refractivity contribution in [3.8, 4) is 0 Å². The molecule has 1 unspecified atom stereocenters. The zero-order valence-electron chi connectivity index (χ0n) is 13.2. The van der Waals surface area contributed by atoms with Crippen molar-refractivity contribution in [1.82, 2.24) is 10.2 Å². The highest BCUT2D eigenvalue weighted by Gasteiger charge is 2.29. The van der Waals surface area contributed by atoms with Crippen molar-refractivity contribution >= 4 is 0 Å². The summed E-state index contributed by atoms with van der Waals surface area (Å²) >= 11 is 0. The molecule has 1 aliphatic heterocycles. The lowest BCUT2D eigenvalue weighted by molar-refractivity contribution is 0.129. The van der Waals surface area contributed by atoms with Gasteiger partial charge in [-0.05, 0) is 41.4 Å². The number of fused-ring (bicyclic) bond motifs is 1. The van der Waals surface area contributed by atoms with Gasteiger partial charge in [0.15, 0.2) is 0 Å². The number of nitrogens with one attached hydrogen (secondary N) is 1. The monoisotopic (exact) mass is 272 g/mol. The molecule has 0 radical (unpaired) electrons. The fourth-order valence-corrected chi connectivity index (χ4v) is 3.52.